The third-order valence-corrected chi connectivity index (χ3v) is 8.07. The molecule has 1 aliphatic heterocycles. The van der Waals surface area contributed by atoms with Crippen molar-refractivity contribution >= 4 is 11.8 Å². The summed E-state index contributed by atoms with van der Waals surface area (Å²) in [6.45, 7) is 6.36. The highest BCUT2D eigenvalue weighted by atomic mass is 16.3. The van der Waals surface area contributed by atoms with Crippen LogP contribution in [0.4, 0.5) is 0 Å². The van der Waals surface area contributed by atoms with Crippen LogP contribution in [0.3, 0.4) is 0 Å². The van der Waals surface area contributed by atoms with Gasteiger partial charge in [0.2, 0.25) is 11.8 Å². The van der Waals surface area contributed by atoms with Crippen LogP contribution >= 0.6 is 0 Å². The van der Waals surface area contributed by atoms with Crippen molar-refractivity contribution in [3.63, 3.8) is 0 Å². The summed E-state index contributed by atoms with van der Waals surface area (Å²) >= 11 is 0. The van der Waals surface area contributed by atoms with E-state index in [1.807, 2.05) is 12.1 Å². The number of carbonyl (C=O) groups excluding carboxylic acids is 2. The molecule has 2 fully saturated rings. The first-order valence-corrected chi connectivity index (χ1v) is 12.0. The lowest BCUT2D eigenvalue weighted by atomic mass is 9.58. The van der Waals surface area contributed by atoms with E-state index in [1.54, 1.807) is 6.92 Å². The molecule has 2 aliphatic carbocycles. The average Bonchev–Trinajstić information content (AvgIpc) is 3.54. The van der Waals surface area contributed by atoms with Crippen LogP contribution in [0.5, 0.6) is 5.75 Å². The van der Waals surface area contributed by atoms with Crippen LogP contribution in [0, 0.1) is 11.8 Å². The lowest BCUT2D eigenvalue weighted by Crippen LogP contribution is -2.51. The van der Waals surface area contributed by atoms with Crippen molar-refractivity contribution in [1.82, 2.24) is 10.2 Å². The molecule has 4 rings (SSSR count). The number of nitrogens with zero attached hydrogens (tertiary/aromatic N) is 1. The van der Waals surface area contributed by atoms with E-state index in [-0.39, 0.29) is 11.3 Å². The van der Waals surface area contributed by atoms with Gasteiger partial charge < -0.3 is 16.2 Å². The number of likely N-dealkylation sites (tertiary alicyclic amines) is 1. The minimum Gasteiger partial charge on any atom is -0.508 e. The summed E-state index contributed by atoms with van der Waals surface area (Å²) < 4.78 is 0. The minimum atomic E-state index is -0.643. The molecule has 4 atom stereocenters. The lowest BCUT2D eigenvalue weighted by Gasteiger charge is -2.49. The van der Waals surface area contributed by atoms with E-state index in [0.717, 1.165) is 44.6 Å². The van der Waals surface area contributed by atoms with Crippen molar-refractivity contribution in [2.24, 2.45) is 17.6 Å². The molecule has 1 saturated heterocycles. The van der Waals surface area contributed by atoms with Crippen LogP contribution < -0.4 is 11.1 Å². The molecular formula is C25H37N3O3. The predicted octanol–water partition coefficient (Wildman–Crippen LogP) is 2.86. The number of aromatic hydroxyl groups is 1. The lowest BCUT2D eigenvalue weighted by molar-refractivity contribution is -0.127. The largest absolute Gasteiger partial charge is 0.508 e. The molecule has 4 unspecified atom stereocenters. The summed E-state index contributed by atoms with van der Waals surface area (Å²) in [6, 6.07) is 5.78. The van der Waals surface area contributed by atoms with E-state index in [9.17, 15) is 14.7 Å². The fourth-order valence-corrected chi connectivity index (χ4v) is 6.09. The summed E-state index contributed by atoms with van der Waals surface area (Å²) in [5.41, 5.74) is 7.89. The van der Waals surface area contributed by atoms with Crippen molar-refractivity contribution in [1.29, 1.82) is 0 Å². The van der Waals surface area contributed by atoms with Crippen LogP contribution in [0.25, 0.3) is 0 Å². The van der Waals surface area contributed by atoms with Crippen molar-refractivity contribution in [2.75, 3.05) is 13.1 Å². The third-order valence-electron chi connectivity index (χ3n) is 8.07. The van der Waals surface area contributed by atoms with Gasteiger partial charge in [0.1, 0.15) is 11.8 Å². The molecule has 0 aromatic heterocycles. The molecule has 0 spiro atoms. The molecule has 0 radical (unpaired) electrons. The van der Waals surface area contributed by atoms with Crippen LogP contribution in [0.15, 0.2) is 18.2 Å². The maximum absolute atomic E-state index is 12.3. The zero-order chi connectivity index (χ0) is 22.2. The highest BCUT2D eigenvalue weighted by Crippen LogP contribution is 2.52. The number of nitrogens with one attached hydrogen (secondary N) is 1. The molecule has 1 aromatic rings. The van der Waals surface area contributed by atoms with Gasteiger partial charge >= 0.3 is 0 Å². The Balaban J connectivity index is 1.55. The number of phenols is 1. The first kappa shape index (κ1) is 22.1. The van der Waals surface area contributed by atoms with E-state index < -0.39 is 11.9 Å². The Labute approximate surface area is 185 Å². The van der Waals surface area contributed by atoms with Crippen molar-refractivity contribution in [2.45, 2.75) is 82.7 Å². The number of fused-ring (bicyclic) bond motifs is 4. The molecule has 4 N–H and O–H groups in total. The normalized spacial score (nSPS) is 29.0. The van der Waals surface area contributed by atoms with Gasteiger partial charge in [0.15, 0.2) is 0 Å². The van der Waals surface area contributed by atoms with Gasteiger partial charge in [-0.05, 0) is 98.9 Å². The van der Waals surface area contributed by atoms with Crippen LogP contribution in [-0.2, 0) is 21.4 Å². The number of primary amides is 1. The number of rotatable bonds is 8. The number of carbonyl (C=O) groups is 2. The third kappa shape index (κ3) is 4.59. The molecule has 2 amide bonds. The summed E-state index contributed by atoms with van der Waals surface area (Å²) in [5.74, 6) is 1.03. The van der Waals surface area contributed by atoms with E-state index in [2.05, 4.69) is 23.2 Å². The molecule has 2 bridgehead atoms. The van der Waals surface area contributed by atoms with Gasteiger partial charge in [-0.2, -0.15) is 0 Å². The van der Waals surface area contributed by atoms with Crippen LogP contribution in [-0.4, -0.2) is 47.0 Å². The molecule has 170 valence electrons. The number of benzene rings is 1. The smallest absolute Gasteiger partial charge is 0.239 e. The average molecular weight is 428 g/mol. The molecule has 1 saturated carbocycles. The van der Waals surface area contributed by atoms with Gasteiger partial charge in [-0.1, -0.05) is 13.0 Å². The van der Waals surface area contributed by atoms with Crippen LogP contribution in [0.1, 0.15) is 69.9 Å². The van der Waals surface area contributed by atoms with E-state index in [4.69, 9.17) is 5.73 Å². The Morgan fingerprint density at radius 3 is 2.84 bits per heavy atom. The fraction of sp³-hybridized carbons (Fsp3) is 0.680. The van der Waals surface area contributed by atoms with Gasteiger partial charge in [0.05, 0.1) is 0 Å². The summed E-state index contributed by atoms with van der Waals surface area (Å²) in [4.78, 5) is 26.3. The van der Waals surface area contributed by atoms with Gasteiger partial charge in [0.25, 0.3) is 0 Å². The van der Waals surface area contributed by atoms with E-state index >= 15 is 0 Å². The molecule has 31 heavy (non-hydrogen) atoms. The van der Waals surface area contributed by atoms with Crippen molar-refractivity contribution in [3.05, 3.63) is 29.3 Å². The Hall–Kier alpha value is -2.08. The zero-order valence-electron chi connectivity index (χ0n) is 18.9. The maximum Gasteiger partial charge on any atom is 0.239 e. The molecule has 3 aliphatic rings. The highest BCUT2D eigenvalue weighted by molar-refractivity contribution is 5.86. The number of amides is 2. The molecule has 6 nitrogen and oxygen atoms in total. The second-order valence-corrected chi connectivity index (χ2v) is 10.1. The van der Waals surface area contributed by atoms with Gasteiger partial charge in [0, 0.05) is 19.0 Å². The topological polar surface area (TPSA) is 95.7 Å². The van der Waals surface area contributed by atoms with Crippen molar-refractivity contribution < 1.29 is 14.7 Å². The van der Waals surface area contributed by atoms with E-state index in [0.29, 0.717) is 24.1 Å². The van der Waals surface area contributed by atoms with E-state index in [1.165, 1.54) is 30.5 Å². The van der Waals surface area contributed by atoms with Gasteiger partial charge in [-0.3, -0.25) is 14.5 Å². The van der Waals surface area contributed by atoms with Crippen LogP contribution in [0.2, 0.25) is 0 Å². The second-order valence-electron chi connectivity index (χ2n) is 10.1. The first-order chi connectivity index (χ1) is 14.8. The number of hydrogen-bond donors (Lipinski definition) is 3. The predicted molar refractivity (Wildman–Crippen MR) is 121 cm³/mol. The highest BCUT2D eigenvalue weighted by Gasteiger charge is 2.49. The van der Waals surface area contributed by atoms with Crippen molar-refractivity contribution in [3.8, 4) is 5.75 Å². The summed E-state index contributed by atoms with van der Waals surface area (Å²) in [5, 5.41) is 13.0. The number of nitrogens with two attached hydrogens (primary N) is 1. The first-order valence-electron chi connectivity index (χ1n) is 12.0. The SMILES string of the molecule is CC(NC(=O)CCCC12CCCN(CC3CC3)C(Cc3ccc(O)cc31)C2C)C(N)=O. The Morgan fingerprint density at radius 1 is 1.35 bits per heavy atom. The standard InChI is InChI=1S/C25H37N3O3/c1-16-22-13-19-8-9-20(29)14-21(19)25(16,11-4-12-28(22)15-18-6-7-18)10-3-5-23(30)27-17(2)24(26)31/h8-9,14,16-18,22,29H,3-7,10-13,15H2,1-2H3,(H2,26,31)(H,27,30). The quantitative estimate of drug-likeness (QED) is 0.594. The molecule has 1 heterocycles. The number of phenolic OH excluding ortho intramolecular Hbond substituents is 1. The van der Waals surface area contributed by atoms with Gasteiger partial charge in [-0.15, -0.1) is 0 Å². The zero-order valence-corrected chi connectivity index (χ0v) is 18.9. The van der Waals surface area contributed by atoms with Gasteiger partial charge in [-0.25, -0.2) is 0 Å². The molecule has 6 heteroatoms. The number of hydrogen-bond acceptors (Lipinski definition) is 4. The Kier molecular flexibility index (Phi) is 6.29. The fourth-order valence-electron chi connectivity index (χ4n) is 6.09. The maximum atomic E-state index is 12.3. The summed E-state index contributed by atoms with van der Waals surface area (Å²) in [7, 11) is 0. The summed E-state index contributed by atoms with van der Waals surface area (Å²) in [6.07, 6.45) is 8.06. The minimum absolute atomic E-state index is 0.0229. The Bertz CT molecular complexity index is 837. The Morgan fingerprint density at radius 2 is 2.13 bits per heavy atom. The monoisotopic (exact) mass is 427 g/mol. The second kappa shape index (κ2) is 8.81. The molecule has 1 aromatic carbocycles. The molecular weight excluding hydrogens is 390 g/mol.